The molecule has 0 aromatic heterocycles. The Morgan fingerprint density at radius 2 is 2.00 bits per heavy atom. The Labute approximate surface area is 252 Å². The van der Waals surface area contributed by atoms with Crippen LogP contribution < -0.4 is 9.64 Å². The predicted octanol–water partition coefficient (Wildman–Crippen LogP) is 8.01. The Hall–Kier alpha value is -2.35. The molecular formula is C33H44ClN2O4S-. The van der Waals surface area contributed by atoms with E-state index in [0.29, 0.717) is 30.6 Å². The molecule has 1 saturated carbocycles. The van der Waals surface area contributed by atoms with Gasteiger partial charge in [-0.3, -0.25) is 4.79 Å². The fraction of sp³-hybridized carbons (Fsp3) is 0.545. The summed E-state index contributed by atoms with van der Waals surface area (Å²) in [6.07, 6.45) is 7.85. The van der Waals surface area contributed by atoms with Crippen molar-refractivity contribution in [3.63, 3.8) is 0 Å². The average Bonchev–Trinajstić information content (AvgIpc) is 2.97. The van der Waals surface area contributed by atoms with Crippen molar-refractivity contribution in [2.75, 3.05) is 25.2 Å². The van der Waals surface area contributed by atoms with Gasteiger partial charge in [0.05, 0.1) is 18.4 Å². The van der Waals surface area contributed by atoms with E-state index in [1.165, 1.54) is 11.1 Å². The van der Waals surface area contributed by atoms with Crippen LogP contribution in [0.15, 0.2) is 53.4 Å². The fourth-order valence-electron chi connectivity index (χ4n) is 5.82. The van der Waals surface area contributed by atoms with Gasteiger partial charge in [0.1, 0.15) is 5.75 Å². The smallest absolute Gasteiger partial charge is 0.254 e. The first kappa shape index (κ1) is 31.6. The highest BCUT2D eigenvalue weighted by atomic mass is 35.5. The molecule has 1 aliphatic carbocycles. The lowest BCUT2D eigenvalue weighted by Gasteiger charge is -2.43. The van der Waals surface area contributed by atoms with Crippen molar-refractivity contribution in [1.29, 1.82) is 0 Å². The van der Waals surface area contributed by atoms with Crippen molar-refractivity contribution in [3.8, 4) is 5.75 Å². The number of benzene rings is 2. The number of methoxy groups -OCH3 is 1. The zero-order valence-corrected chi connectivity index (χ0v) is 26.4. The first-order valence-electron chi connectivity index (χ1n) is 14.8. The molecular weight excluding hydrogens is 556 g/mol. The lowest BCUT2D eigenvalue weighted by molar-refractivity contribution is -0.00420. The Morgan fingerprint density at radius 3 is 2.71 bits per heavy atom. The van der Waals surface area contributed by atoms with Gasteiger partial charge in [-0.2, -0.15) is 10.6 Å². The van der Waals surface area contributed by atoms with Crippen LogP contribution in [-0.4, -0.2) is 37.5 Å². The van der Waals surface area contributed by atoms with Crippen LogP contribution in [-0.2, 0) is 32.5 Å². The summed E-state index contributed by atoms with van der Waals surface area (Å²) in [7, 11) is 0.139. The van der Waals surface area contributed by atoms with Crippen molar-refractivity contribution < 1.29 is 18.5 Å². The van der Waals surface area contributed by atoms with E-state index in [9.17, 15) is 9.00 Å². The first-order valence-corrected chi connectivity index (χ1v) is 16.4. The predicted molar refractivity (Wildman–Crippen MR) is 168 cm³/mol. The van der Waals surface area contributed by atoms with Gasteiger partial charge in [-0.25, -0.2) is 0 Å². The molecule has 5 unspecified atom stereocenters. The number of carbonyl (C=O) groups is 1. The van der Waals surface area contributed by atoms with Gasteiger partial charge in [0.15, 0.2) is 0 Å². The summed E-state index contributed by atoms with van der Waals surface area (Å²) >= 11 is 6.41. The van der Waals surface area contributed by atoms with Crippen LogP contribution in [0.25, 0.3) is 0 Å². The van der Waals surface area contributed by atoms with Crippen molar-refractivity contribution in [2.24, 2.45) is 22.1 Å². The van der Waals surface area contributed by atoms with E-state index in [4.69, 9.17) is 21.1 Å². The molecule has 2 aromatic rings. The number of rotatable bonds is 9. The Bertz CT molecular complexity index is 1310. The summed E-state index contributed by atoms with van der Waals surface area (Å²) in [6.45, 7) is 11.9. The van der Waals surface area contributed by atoms with E-state index < -0.39 is 16.5 Å². The zero-order valence-electron chi connectivity index (χ0n) is 24.8. The van der Waals surface area contributed by atoms with Crippen LogP contribution in [0, 0.1) is 17.8 Å². The zero-order chi connectivity index (χ0) is 29.5. The van der Waals surface area contributed by atoms with Crippen LogP contribution in [0.1, 0.15) is 74.4 Å². The monoisotopic (exact) mass is 599 g/mol. The molecule has 0 saturated heterocycles. The molecule has 1 aliphatic heterocycles. The number of anilines is 1. The molecule has 0 bridgehead atoms. The summed E-state index contributed by atoms with van der Waals surface area (Å²) in [4.78, 5) is 15.6. The molecule has 224 valence electrons. The van der Waals surface area contributed by atoms with Gasteiger partial charge in [0.2, 0.25) is 0 Å². The van der Waals surface area contributed by atoms with Gasteiger partial charge >= 0.3 is 0 Å². The third-order valence-electron chi connectivity index (χ3n) is 8.91. The SMILES string of the molecule is C=CCC(C)C(C)[S-](=O)=NC(=O)c1ccc2c(c1)N(CC1CCC1C(C)OC)Cc1ccc(Cl)cc1CCCCO2. The molecule has 2 aromatic carbocycles. The molecule has 4 rings (SSSR count). The molecule has 6 nitrogen and oxygen atoms in total. The largest absolute Gasteiger partial charge is 0.491 e. The van der Waals surface area contributed by atoms with Crippen LogP contribution in [0.4, 0.5) is 5.69 Å². The number of nitrogens with zero attached hydrogens (tertiary/aromatic N) is 2. The van der Waals surface area contributed by atoms with E-state index >= 15 is 0 Å². The lowest BCUT2D eigenvalue weighted by atomic mass is 9.70. The van der Waals surface area contributed by atoms with E-state index in [2.05, 4.69) is 34.9 Å². The quantitative estimate of drug-likeness (QED) is 0.216. The van der Waals surface area contributed by atoms with Crippen molar-refractivity contribution in [3.05, 3.63) is 70.8 Å². The minimum Gasteiger partial charge on any atom is -0.491 e. The summed E-state index contributed by atoms with van der Waals surface area (Å²) in [6, 6.07) is 11.6. The Kier molecular flexibility index (Phi) is 11.3. The second-order valence-electron chi connectivity index (χ2n) is 11.6. The second-order valence-corrected chi connectivity index (χ2v) is 13.5. The summed E-state index contributed by atoms with van der Waals surface area (Å²) in [5, 5.41) is 0.493. The maximum Gasteiger partial charge on any atom is 0.254 e. The second kappa shape index (κ2) is 14.7. The highest BCUT2D eigenvalue weighted by Crippen LogP contribution is 2.41. The molecule has 0 N–H and O–H groups in total. The van der Waals surface area contributed by atoms with E-state index in [0.717, 1.165) is 61.5 Å². The maximum absolute atomic E-state index is 13.3. The molecule has 2 aliphatic rings. The highest BCUT2D eigenvalue weighted by molar-refractivity contribution is 7.75. The molecule has 0 spiro atoms. The van der Waals surface area contributed by atoms with E-state index in [-0.39, 0.29) is 17.3 Å². The fourth-order valence-corrected chi connectivity index (χ4v) is 6.96. The minimum absolute atomic E-state index is 0.111. The molecule has 8 heteroatoms. The van der Waals surface area contributed by atoms with Crippen molar-refractivity contribution in [2.45, 2.75) is 77.2 Å². The average molecular weight is 600 g/mol. The Balaban J connectivity index is 1.72. The van der Waals surface area contributed by atoms with Gasteiger partial charge in [0.25, 0.3) is 5.91 Å². The number of carbonyl (C=O) groups excluding carboxylic acids is 1. The van der Waals surface area contributed by atoms with Gasteiger partial charge in [-0.15, -0.1) is 6.58 Å². The molecule has 1 amide bonds. The normalized spacial score (nSPS) is 22.1. The van der Waals surface area contributed by atoms with Gasteiger partial charge in [0, 0.05) is 30.8 Å². The van der Waals surface area contributed by atoms with Crippen LogP contribution in [0.3, 0.4) is 0 Å². The highest BCUT2D eigenvalue weighted by Gasteiger charge is 2.37. The number of hydrogen-bond donors (Lipinski definition) is 0. The first-order chi connectivity index (χ1) is 19.7. The summed E-state index contributed by atoms with van der Waals surface area (Å²) in [5.74, 6) is 1.33. The molecule has 1 heterocycles. The third kappa shape index (κ3) is 7.94. The number of ether oxygens (including phenoxy) is 2. The summed E-state index contributed by atoms with van der Waals surface area (Å²) < 4.78 is 29.0. The van der Waals surface area contributed by atoms with Crippen LogP contribution >= 0.6 is 11.6 Å². The van der Waals surface area contributed by atoms with Crippen molar-refractivity contribution >= 4 is 33.8 Å². The van der Waals surface area contributed by atoms with Crippen LogP contribution in [0.5, 0.6) is 5.75 Å². The number of fused-ring (bicyclic) bond motifs is 2. The lowest BCUT2D eigenvalue weighted by Crippen LogP contribution is -2.43. The Morgan fingerprint density at radius 1 is 1.20 bits per heavy atom. The number of hydrogen-bond acceptors (Lipinski definition) is 6. The number of aryl methyl sites for hydroxylation is 1. The molecule has 1 fully saturated rings. The number of amides is 1. The van der Waals surface area contributed by atoms with E-state index in [1.807, 2.05) is 38.1 Å². The molecule has 0 radical (unpaired) electrons. The number of allylic oxidation sites excluding steroid dienone is 1. The minimum atomic E-state index is -1.64. The molecule has 41 heavy (non-hydrogen) atoms. The third-order valence-corrected chi connectivity index (χ3v) is 10.6. The molecule has 5 atom stereocenters. The van der Waals surface area contributed by atoms with Gasteiger partial charge < -0.3 is 22.9 Å². The van der Waals surface area contributed by atoms with Gasteiger partial charge in [-0.1, -0.05) is 48.8 Å². The standard InChI is InChI=1S/C33H44ClN2O4S/c1-6-9-22(2)24(4)41(38)35-33(37)26-13-16-32-31(19-26)36(21-28-12-15-30(28)23(3)39-5)20-27-11-14-29(34)18-25(27)10-7-8-17-40-32/h6,11,13-14,16,18-19,22-24,28,30H,1,7-10,12,15,17,20-21H2,2-5H3/q-1. The van der Waals surface area contributed by atoms with Crippen LogP contribution in [0.2, 0.25) is 5.02 Å². The van der Waals surface area contributed by atoms with Crippen molar-refractivity contribution in [1.82, 2.24) is 0 Å². The topological polar surface area (TPSA) is 68.2 Å². The van der Waals surface area contributed by atoms with Gasteiger partial charge in [-0.05, 0) is 98.7 Å². The number of halogens is 1. The summed E-state index contributed by atoms with van der Waals surface area (Å²) in [5.41, 5.74) is 3.76. The van der Waals surface area contributed by atoms with E-state index in [1.54, 1.807) is 13.2 Å². The maximum atomic E-state index is 13.3.